The Bertz CT molecular complexity index is 1650. The van der Waals surface area contributed by atoms with Crippen molar-refractivity contribution in [1.29, 1.82) is 0 Å². The summed E-state index contributed by atoms with van der Waals surface area (Å²) in [6, 6.07) is 11.5. The molecule has 0 radical (unpaired) electrons. The van der Waals surface area contributed by atoms with E-state index in [-0.39, 0.29) is 17.8 Å². The Morgan fingerprint density at radius 3 is 2.06 bits per heavy atom. The summed E-state index contributed by atoms with van der Waals surface area (Å²) in [5, 5.41) is 3.81. The zero-order valence-corrected chi connectivity index (χ0v) is 35.3. The number of halogens is 1. The number of nitrogens with one attached hydrogen (secondary N) is 2. The summed E-state index contributed by atoms with van der Waals surface area (Å²) in [6.45, 7) is 24.8. The van der Waals surface area contributed by atoms with Crippen LogP contribution in [0, 0.1) is 9.12 Å². The normalized spacial score (nSPS) is 13.1. The summed E-state index contributed by atoms with van der Waals surface area (Å²) in [4.78, 5) is 40.9. The topological polar surface area (TPSA) is 116 Å². The van der Waals surface area contributed by atoms with Gasteiger partial charge in [0.15, 0.2) is 0 Å². The van der Waals surface area contributed by atoms with Gasteiger partial charge >= 0.3 is 18.0 Å². The number of hydrogen-bond acceptors (Lipinski definition) is 7. The lowest BCUT2D eigenvalue weighted by Crippen LogP contribution is -2.50. The van der Waals surface area contributed by atoms with Gasteiger partial charge in [-0.25, -0.2) is 9.59 Å². The van der Waals surface area contributed by atoms with Crippen molar-refractivity contribution < 1.29 is 33.0 Å². The summed E-state index contributed by atoms with van der Waals surface area (Å²) in [5.74, 6) is -0.113. The van der Waals surface area contributed by atoms with Crippen LogP contribution in [0.4, 0.5) is 4.79 Å². The first-order chi connectivity index (χ1) is 23.1. The van der Waals surface area contributed by atoms with Gasteiger partial charge in [-0.2, -0.15) is 0 Å². The highest BCUT2D eigenvalue weighted by Crippen LogP contribution is 2.44. The van der Waals surface area contributed by atoms with Gasteiger partial charge in [0, 0.05) is 29.7 Å². The van der Waals surface area contributed by atoms with E-state index in [4.69, 9.17) is 18.6 Å². The molecule has 0 bridgehead atoms. The minimum Gasteiger partial charge on any atom is -0.543 e. The molecular formula is C39H57IN2O7Si. The van der Waals surface area contributed by atoms with E-state index in [0.29, 0.717) is 29.7 Å². The highest BCUT2D eigenvalue weighted by molar-refractivity contribution is 14.1. The van der Waals surface area contributed by atoms with Crippen LogP contribution in [0.15, 0.2) is 36.4 Å². The van der Waals surface area contributed by atoms with Crippen molar-refractivity contribution in [2.75, 3.05) is 13.7 Å². The van der Waals surface area contributed by atoms with E-state index in [2.05, 4.69) is 113 Å². The second-order valence-corrected chi connectivity index (χ2v) is 22.5. The van der Waals surface area contributed by atoms with Crippen LogP contribution in [-0.2, 0) is 36.6 Å². The molecule has 0 spiro atoms. The Hall–Kier alpha value is -3.06. The second-order valence-electron chi connectivity index (χ2n) is 16.0. The van der Waals surface area contributed by atoms with Crippen LogP contribution in [-0.4, -0.2) is 56.7 Å². The number of ether oxygens (including phenoxy) is 3. The molecule has 0 fully saturated rings. The van der Waals surface area contributed by atoms with Crippen molar-refractivity contribution in [2.24, 2.45) is 5.41 Å². The number of fused-ring (bicyclic) bond motifs is 1. The monoisotopic (exact) mass is 820 g/mol. The van der Waals surface area contributed by atoms with E-state index < -0.39 is 32.0 Å². The van der Waals surface area contributed by atoms with Crippen LogP contribution >= 0.6 is 22.6 Å². The van der Waals surface area contributed by atoms with Crippen molar-refractivity contribution in [1.82, 2.24) is 10.3 Å². The van der Waals surface area contributed by atoms with Crippen molar-refractivity contribution in [3.05, 3.63) is 51.2 Å². The first kappa shape index (κ1) is 41.4. The molecule has 3 aromatic rings. The molecule has 1 atom stereocenters. The van der Waals surface area contributed by atoms with Gasteiger partial charge in [0.25, 0.3) is 8.32 Å². The van der Waals surface area contributed by atoms with Gasteiger partial charge in [-0.1, -0.05) is 67.5 Å². The summed E-state index contributed by atoms with van der Waals surface area (Å²) in [6.07, 6.45) is 0.192. The van der Waals surface area contributed by atoms with E-state index in [0.717, 1.165) is 42.6 Å². The average molecular weight is 821 g/mol. The summed E-state index contributed by atoms with van der Waals surface area (Å²) >= 11 is 2.34. The third kappa shape index (κ3) is 10.5. The molecule has 1 aromatic heterocycles. The van der Waals surface area contributed by atoms with Gasteiger partial charge in [-0.15, -0.1) is 0 Å². The standard InChI is InChI=1S/C39H57IN2O7Si/c1-23(2)50(24(3)4,25(5)6)49-30-17-27(18-34(36(44)46-13)42-37(45)48-38(8,9)10)16-29(19-30)28-14-15-33-31(20-28)32(35(40)41-33)21-39(11,12)22-47-26(7)43/h14-17,19-20,23-25,34,41H,18,21-22H2,1-13H3,(H,42,45)/t34-/m0/s1. The molecule has 0 aliphatic rings. The Labute approximate surface area is 313 Å². The van der Waals surface area contributed by atoms with Gasteiger partial charge in [0.05, 0.1) is 17.4 Å². The predicted octanol–water partition coefficient (Wildman–Crippen LogP) is 9.73. The Balaban J connectivity index is 2.19. The Morgan fingerprint density at radius 1 is 0.900 bits per heavy atom. The molecule has 9 nitrogen and oxygen atoms in total. The van der Waals surface area contributed by atoms with E-state index in [1.165, 1.54) is 14.0 Å². The number of aromatic nitrogens is 1. The van der Waals surface area contributed by atoms with Gasteiger partial charge in [-0.05, 0) is 113 Å². The molecule has 50 heavy (non-hydrogen) atoms. The number of hydrogen-bond donors (Lipinski definition) is 2. The average Bonchev–Trinajstić information content (AvgIpc) is 3.29. The predicted molar refractivity (Wildman–Crippen MR) is 211 cm³/mol. The molecule has 0 aliphatic carbocycles. The smallest absolute Gasteiger partial charge is 0.408 e. The number of amides is 1. The van der Waals surface area contributed by atoms with Gasteiger partial charge < -0.3 is 28.9 Å². The zero-order chi connectivity index (χ0) is 37.8. The highest BCUT2D eigenvalue weighted by Gasteiger charge is 2.47. The minimum absolute atomic E-state index is 0.176. The minimum atomic E-state index is -2.35. The summed E-state index contributed by atoms with van der Waals surface area (Å²) in [7, 11) is -1.04. The second kappa shape index (κ2) is 16.5. The van der Waals surface area contributed by atoms with Crippen LogP contribution in [0.2, 0.25) is 16.6 Å². The largest absolute Gasteiger partial charge is 0.543 e. The number of carbonyl (C=O) groups excluding carboxylic acids is 3. The SMILES string of the molecule is COC(=O)[C@H](Cc1cc(O[Si](C(C)C)(C(C)C)C(C)C)cc(-c2ccc3[nH]c(I)c(CC(C)(C)COC(C)=O)c3c2)c1)NC(=O)OC(C)(C)C. The fourth-order valence-electron chi connectivity index (χ4n) is 6.98. The number of H-pyrrole nitrogens is 1. The lowest BCUT2D eigenvalue weighted by Gasteiger charge is -2.42. The molecule has 2 aromatic carbocycles. The molecular weight excluding hydrogens is 763 g/mol. The van der Waals surface area contributed by atoms with Gasteiger partial charge in [-0.3, -0.25) is 4.79 Å². The number of carbonyl (C=O) groups is 3. The first-order valence-corrected chi connectivity index (χ1v) is 20.6. The Kier molecular flexibility index (Phi) is 13.7. The van der Waals surface area contributed by atoms with Crippen LogP contribution in [0.5, 0.6) is 5.75 Å². The number of aromatic amines is 1. The lowest BCUT2D eigenvalue weighted by atomic mass is 9.86. The van der Waals surface area contributed by atoms with E-state index in [1.807, 2.05) is 12.1 Å². The summed E-state index contributed by atoms with van der Waals surface area (Å²) in [5.41, 5.74) is 4.95. The van der Waals surface area contributed by atoms with Crippen molar-refractivity contribution >= 4 is 59.8 Å². The van der Waals surface area contributed by atoms with Crippen molar-refractivity contribution in [2.45, 2.75) is 124 Å². The number of methoxy groups -OCH3 is 1. The van der Waals surface area contributed by atoms with E-state index in [9.17, 15) is 14.4 Å². The molecule has 1 amide bonds. The maximum atomic E-state index is 13.0. The maximum absolute atomic E-state index is 13.0. The number of rotatable bonds is 14. The third-order valence-corrected chi connectivity index (χ3v) is 16.0. The lowest BCUT2D eigenvalue weighted by molar-refractivity contribution is -0.144. The van der Waals surface area contributed by atoms with Crippen LogP contribution in [0.3, 0.4) is 0 Å². The van der Waals surface area contributed by atoms with Crippen LogP contribution in [0.1, 0.15) is 94.2 Å². The van der Waals surface area contributed by atoms with Gasteiger partial charge in [0.2, 0.25) is 0 Å². The van der Waals surface area contributed by atoms with E-state index in [1.54, 1.807) is 20.8 Å². The molecule has 0 unspecified atom stereocenters. The number of esters is 2. The molecule has 0 aliphatic heterocycles. The molecule has 11 heteroatoms. The maximum Gasteiger partial charge on any atom is 0.408 e. The van der Waals surface area contributed by atoms with Crippen LogP contribution < -0.4 is 9.74 Å². The van der Waals surface area contributed by atoms with Crippen molar-refractivity contribution in [3.63, 3.8) is 0 Å². The molecule has 0 saturated heterocycles. The first-order valence-electron chi connectivity index (χ1n) is 17.4. The quantitative estimate of drug-likeness (QED) is 0.0721. The Morgan fingerprint density at radius 2 is 1.52 bits per heavy atom. The molecule has 3 rings (SSSR count). The highest BCUT2D eigenvalue weighted by atomic mass is 127. The zero-order valence-electron chi connectivity index (χ0n) is 32.1. The molecule has 276 valence electrons. The van der Waals surface area contributed by atoms with Crippen molar-refractivity contribution in [3.8, 4) is 16.9 Å². The third-order valence-electron chi connectivity index (χ3n) is 9.09. The number of alkyl carbamates (subject to hydrolysis) is 1. The number of benzene rings is 2. The molecule has 0 saturated carbocycles. The summed E-state index contributed by atoms with van der Waals surface area (Å²) < 4.78 is 24.2. The fraction of sp³-hybridized carbons (Fsp3) is 0.564. The molecule has 1 heterocycles. The van der Waals surface area contributed by atoms with Gasteiger partial charge in [0.1, 0.15) is 17.4 Å². The molecule has 2 N–H and O–H groups in total. The fourth-order valence-corrected chi connectivity index (χ4v) is 13.0. The van der Waals surface area contributed by atoms with E-state index >= 15 is 0 Å². The van der Waals surface area contributed by atoms with Crippen LogP contribution in [0.25, 0.3) is 22.0 Å².